The Morgan fingerprint density at radius 2 is 1.75 bits per heavy atom. The monoisotopic (exact) mass is 831 g/mol. The number of anilines is 2. The lowest BCUT2D eigenvalue weighted by molar-refractivity contribution is -0.138. The number of carbonyl (C=O) groups excluding carboxylic acids is 4. The van der Waals surface area contributed by atoms with Gasteiger partial charge in [-0.2, -0.15) is 18.4 Å². The highest BCUT2D eigenvalue weighted by atomic mass is 35.5. The van der Waals surface area contributed by atoms with Crippen LogP contribution in [0.5, 0.6) is 0 Å². The number of ether oxygens (including phenoxy) is 1. The SMILES string of the molecule is CC1CC(CCOC2CCC(N3C(=S)N(c4ccc(C#N)c(C(F)(F)F)c4)C(=O)C3(C)C)CC2)CC(C)N1CC(=O)Nc1ccc(C2CCC(=O)NC2=O)nc1.Cl. The number of thiocarbonyl (C=S) groups is 1. The number of rotatable bonds is 10. The Morgan fingerprint density at radius 3 is 2.35 bits per heavy atom. The van der Waals surface area contributed by atoms with Gasteiger partial charge in [0.25, 0.3) is 5.91 Å². The summed E-state index contributed by atoms with van der Waals surface area (Å²) in [7, 11) is 0. The van der Waals surface area contributed by atoms with E-state index in [2.05, 4.69) is 34.4 Å². The van der Waals surface area contributed by atoms with E-state index in [-0.39, 0.29) is 78.1 Å². The van der Waals surface area contributed by atoms with Gasteiger partial charge in [-0.05, 0) is 128 Å². The predicted molar refractivity (Wildman–Crippen MR) is 212 cm³/mol. The fraction of sp³-hybridized carbons (Fsp3) is 0.575. The van der Waals surface area contributed by atoms with Crippen molar-refractivity contribution in [2.24, 2.45) is 5.92 Å². The number of hydrogen-bond acceptors (Lipinski definition) is 9. The highest BCUT2D eigenvalue weighted by Crippen LogP contribution is 2.41. The van der Waals surface area contributed by atoms with Crippen molar-refractivity contribution in [2.75, 3.05) is 23.4 Å². The van der Waals surface area contributed by atoms with Crippen LogP contribution in [0.2, 0.25) is 0 Å². The van der Waals surface area contributed by atoms with Crippen LogP contribution in [0.25, 0.3) is 0 Å². The van der Waals surface area contributed by atoms with E-state index >= 15 is 0 Å². The molecule has 4 heterocycles. The first kappa shape index (κ1) is 43.9. The summed E-state index contributed by atoms with van der Waals surface area (Å²) in [6.07, 6.45) is 3.23. The summed E-state index contributed by atoms with van der Waals surface area (Å²) in [5.41, 5.74) is -1.59. The lowest BCUT2D eigenvalue weighted by Crippen LogP contribution is -2.51. The van der Waals surface area contributed by atoms with E-state index in [1.165, 1.54) is 12.3 Å². The first-order chi connectivity index (χ1) is 26.5. The molecule has 0 bridgehead atoms. The molecule has 3 aliphatic heterocycles. The van der Waals surface area contributed by atoms with Gasteiger partial charge in [-0.1, -0.05) is 0 Å². The maximum absolute atomic E-state index is 13.7. The van der Waals surface area contributed by atoms with Crippen molar-refractivity contribution in [2.45, 2.75) is 127 Å². The highest BCUT2D eigenvalue weighted by molar-refractivity contribution is 7.80. The molecule has 4 amide bonds. The Morgan fingerprint density at radius 1 is 1.07 bits per heavy atom. The third-order valence-corrected chi connectivity index (χ3v) is 12.2. The lowest BCUT2D eigenvalue weighted by Gasteiger charge is -2.42. The standard InChI is InChI=1S/C40H48F3N7O5S.ClH/c1-23-17-25(18-24(2)48(23)22-35(52)46-27-6-13-33(45-21-27)31-12-14-34(51)47-36(31)53)15-16-55-30-10-8-28(9-11-30)50-38(56)49(37(54)39(50,3)4)29-7-5-26(20-44)32(19-29)40(41,42)43;/h5-7,13,19,21,23-25,28,30-31H,8-12,14-18,22H2,1-4H3,(H,46,52)(H,47,51,53);1H. The number of nitrogens with one attached hydrogen (secondary N) is 2. The zero-order valence-corrected chi connectivity index (χ0v) is 34.1. The third-order valence-electron chi connectivity index (χ3n) is 11.8. The maximum Gasteiger partial charge on any atom is 0.417 e. The Balaban J connectivity index is 0.00000620. The van der Waals surface area contributed by atoms with Gasteiger partial charge in [0.2, 0.25) is 17.7 Å². The van der Waals surface area contributed by atoms with Crippen molar-refractivity contribution < 1.29 is 37.1 Å². The van der Waals surface area contributed by atoms with Crippen molar-refractivity contribution in [3.8, 4) is 6.07 Å². The van der Waals surface area contributed by atoms with Crippen LogP contribution in [0, 0.1) is 17.2 Å². The van der Waals surface area contributed by atoms with Crippen LogP contribution in [0.3, 0.4) is 0 Å². The van der Waals surface area contributed by atoms with E-state index in [1.54, 1.807) is 32.0 Å². The van der Waals surface area contributed by atoms with E-state index in [1.807, 2.05) is 4.90 Å². The van der Waals surface area contributed by atoms with Gasteiger partial charge in [-0.3, -0.25) is 39.3 Å². The maximum atomic E-state index is 13.7. The normalized spacial score (nSPS) is 26.8. The molecule has 12 nitrogen and oxygen atoms in total. The van der Waals surface area contributed by atoms with E-state index in [0.717, 1.165) is 49.1 Å². The first-order valence-corrected chi connectivity index (χ1v) is 19.6. The van der Waals surface area contributed by atoms with Crippen LogP contribution in [0.4, 0.5) is 24.5 Å². The summed E-state index contributed by atoms with van der Waals surface area (Å²) in [6.45, 7) is 8.61. The number of benzene rings is 1. The van der Waals surface area contributed by atoms with Gasteiger partial charge < -0.3 is 15.0 Å². The number of halogens is 4. The molecule has 1 aromatic carbocycles. The predicted octanol–water partition coefficient (Wildman–Crippen LogP) is 6.47. The van der Waals surface area contributed by atoms with E-state index < -0.39 is 34.7 Å². The molecule has 3 saturated heterocycles. The Bertz CT molecular complexity index is 1890. The number of nitriles is 1. The average molecular weight is 832 g/mol. The van der Waals surface area contributed by atoms with Gasteiger partial charge >= 0.3 is 6.18 Å². The zero-order chi connectivity index (χ0) is 40.5. The molecule has 6 rings (SSSR count). The molecule has 0 radical (unpaired) electrons. The van der Waals surface area contributed by atoms with Crippen LogP contribution in [0.1, 0.15) is 108 Å². The summed E-state index contributed by atoms with van der Waals surface area (Å²) in [6, 6.07) is 8.54. The summed E-state index contributed by atoms with van der Waals surface area (Å²) in [5, 5.41) is 14.6. The van der Waals surface area contributed by atoms with Crippen molar-refractivity contribution in [3.05, 3.63) is 53.3 Å². The highest BCUT2D eigenvalue weighted by Gasteiger charge is 2.52. The van der Waals surface area contributed by atoms with Gasteiger partial charge in [0, 0.05) is 31.2 Å². The molecule has 2 N–H and O–H groups in total. The molecule has 57 heavy (non-hydrogen) atoms. The smallest absolute Gasteiger partial charge is 0.378 e. The Kier molecular flexibility index (Phi) is 13.7. The summed E-state index contributed by atoms with van der Waals surface area (Å²) >= 11 is 5.74. The number of carbonyl (C=O) groups is 4. The second kappa shape index (κ2) is 17.8. The number of piperidine rings is 2. The van der Waals surface area contributed by atoms with Crippen LogP contribution >= 0.6 is 24.6 Å². The molecule has 0 spiro atoms. The molecule has 3 unspecified atom stereocenters. The van der Waals surface area contributed by atoms with Gasteiger partial charge in [-0.15, -0.1) is 12.4 Å². The fourth-order valence-electron chi connectivity index (χ4n) is 8.87. The van der Waals surface area contributed by atoms with Crippen LogP contribution in [0.15, 0.2) is 36.5 Å². The number of nitrogens with zero attached hydrogens (tertiary/aromatic N) is 5. The lowest BCUT2D eigenvalue weighted by atomic mass is 9.85. The molecule has 308 valence electrons. The molecular weight excluding hydrogens is 783 g/mol. The quantitative estimate of drug-likeness (QED) is 0.202. The molecule has 17 heteroatoms. The van der Waals surface area contributed by atoms with E-state index in [9.17, 15) is 37.6 Å². The minimum Gasteiger partial charge on any atom is -0.378 e. The Labute approximate surface area is 342 Å². The fourth-order valence-corrected chi connectivity index (χ4v) is 9.43. The van der Waals surface area contributed by atoms with Crippen molar-refractivity contribution in [3.63, 3.8) is 0 Å². The van der Waals surface area contributed by atoms with Crippen LogP contribution in [-0.2, 0) is 30.1 Å². The Hall–Kier alpha value is -4.17. The number of imide groups is 1. The number of pyridine rings is 1. The number of aromatic nitrogens is 1. The third kappa shape index (κ3) is 9.59. The minimum absolute atomic E-state index is 0. The van der Waals surface area contributed by atoms with Gasteiger partial charge in [0.1, 0.15) is 5.54 Å². The summed E-state index contributed by atoms with van der Waals surface area (Å²) in [4.78, 5) is 59.9. The second-order valence-corrected chi connectivity index (χ2v) is 16.4. The molecular formula is C40H49ClF3N7O5S. The molecule has 1 saturated carbocycles. The zero-order valence-electron chi connectivity index (χ0n) is 32.4. The van der Waals surface area contributed by atoms with Gasteiger partial charge in [0.05, 0.1) is 59.0 Å². The van der Waals surface area contributed by atoms with E-state index in [4.69, 9.17) is 17.0 Å². The topological polar surface area (TPSA) is 148 Å². The molecule has 1 aliphatic carbocycles. The number of alkyl halides is 3. The largest absolute Gasteiger partial charge is 0.417 e. The summed E-state index contributed by atoms with van der Waals surface area (Å²) < 4.78 is 47.5. The second-order valence-electron chi connectivity index (χ2n) is 16.0. The number of hydrogen-bond donors (Lipinski definition) is 2. The average Bonchev–Trinajstić information content (AvgIpc) is 3.32. The first-order valence-electron chi connectivity index (χ1n) is 19.2. The van der Waals surface area contributed by atoms with Crippen LogP contribution < -0.4 is 15.5 Å². The molecule has 4 fully saturated rings. The van der Waals surface area contributed by atoms with Crippen molar-refractivity contribution in [1.29, 1.82) is 5.26 Å². The van der Waals surface area contributed by atoms with Gasteiger partial charge in [0.15, 0.2) is 5.11 Å². The molecule has 4 aliphatic rings. The molecule has 3 atom stereocenters. The van der Waals surface area contributed by atoms with Crippen molar-refractivity contribution in [1.82, 2.24) is 20.1 Å². The number of likely N-dealkylation sites (tertiary alicyclic amines) is 1. The number of amides is 4. The molecule has 1 aromatic heterocycles. The van der Waals surface area contributed by atoms with Gasteiger partial charge in [-0.25, -0.2) is 0 Å². The van der Waals surface area contributed by atoms with E-state index in [0.29, 0.717) is 43.2 Å². The minimum atomic E-state index is -4.76. The van der Waals surface area contributed by atoms with Crippen LogP contribution in [-0.4, -0.2) is 86.4 Å². The molecule has 2 aromatic rings. The van der Waals surface area contributed by atoms with Crippen molar-refractivity contribution >= 4 is 64.7 Å². The summed E-state index contributed by atoms with van der Waals surface area (Å²) in [5.74, 6) is -1.23.